The molecule has 3 aromatic carbocycles. The molecule has 0 aliphatic rings. The Morgan fingerprint density at radius 1 is 1.06 bits per heavy atom. The van der Waals surface area contributed by atoms with Crippen molar-refractivity contribution in [3.05, 3.63) is 100 Å². The van der Waals surface area contributed by atoms with Gasteiger partial charge in [-0.25, -0.2) is 13.2 Å². The minimum Gasteiger partial charge on any atom is -0.457 e. The van der Waals surface area contributed by atoms with E-state index in [0.717, 1.165) is 5.56 Å². The van der Waals surface area contributed by atoms with Gasteiger partial charge in [0.15, 0.2) is 0 Å². The molecule has 0 N–H and O–H groups in total. The lowest BCUT2D eigenvalue weighted by Gasteiger charge is -2.18. The summed E-state index contributed by atoms with van der Waals surface area (Å²) in [5, 5.41) is 9.22. The van der Waals surface area contributed by atoms with Gasteiger partial charge in [0, 0.05) is 19.2 Å². The molecule has 31 heavy (non-hydrogen) atoms. The summed E-state index contributed by atoms with van der Waals surface area (Å²) in [6.07, 6.45) is 0. The van der Waals surface area contributed by atoms with E-state index >= 15 is 0 Å². The molecule has 3 rings (SSSR count). The number of ether oxygens (including phenoxy) is 1. The number of halogens is 1. The van der Waals surface area contributed by atoms with Crippen LogP contribution in [0.15, 0.2) is 77.7 Å². The Morgan fingerprint density at radius 2 is 1.74 bits per heavy atom. The third-order valence-electron chi connectivity index (χ3n) is 4.61. The van der Waals surface area contributed by atoms with Crippen LogP contribution in [0.4, 0.5) is 0 Å². The summed E-state index contributed by atoms with van der Waals surface area (Å²) >= 11 is 6.13. The zero-order valence-electron chi connectivity index (χ0n) is 16.7. The Morgan fingerprint density at radius 3 is 2.45 bits per heavy atom. The minimum atomic E-state index is -3.86. The topological polar surface area (TPSA) is 87.5 Å². The molecule has 0 aliphatic heterocycles. The minimum absolute atomic E-state index is 0.0645. The van der Waals surface area contributed by atoms with Crippen LogP contribution in [0.3, 0.4) is 0 Å². The van der Waals surface area contributed by atoms with Crippen molar-refractivity contribution >= 4 is 27.6 Å². The van der Waals surface area contributed by atoms with Gasteiger partial charge in [-0.2, -0.15) is 9.57 Å². The fourth-order valence-electron chi connectivity index (χ4n) is 2.90. The molecule has 0 amide bonds. The smallest absolute Gasteiger partial charge is 0.340 e. The van der Waals surface area contributed by atoms with E-state index in [4.69, 9.17) is 21.6 Å². The Hall–Kier alpha value is -3.18. The van der Waals surface area contributed by atoms with Crippen LogP contribution >= 0.6 is 11.6 Å². The molecule has 0 saturated carbocycles. The predicted molar refractivity (Wildman–Crippen MR) is 117 cm³/mol. The number of sulfonamides is 1. The Labute approximate surface area is 186 Å². The summed E-state index contributed by atoms with van der Waals surface area (Å²) in [7, 11) is -2.40. The molecule has 0 unspecified atom stereocenters. The Balaban J connectivity index is 1.80. The lowest BCUT2D eigenvalue weighted by atomic mass is 10.1. The summed E-state index contributed by atoms with van der Waals surface area (Å²) in [4.78, 5) is 12.5. The first-order chi connectivity index (χ1) is 14.8. The van der Waals surface area contributed by atoms with E-state index in [9.17, 15) is 13.2 Å². The maximum Gasteiger partial charge on any atom is 0.340 e. The second-order valence-electron chi connectivity index (χ2n) is 6.73. The molecular formula is C23H19ClN2O4S. The SMILES string of the molecule is CN(Cc1ccccc1)S(=O)(=O)c1ccc(Cl)c(C(=O)OCc2ccccc2C#N)c1. The molecule has 0 spiro atoms. The van der Waals surface area contributed by atoms with Crippen LogP contribution in [0.2, 0.25) is 5.02 Å². The van der Waals surface area contributed by atoms with E-state index in [1.54, 1.807) is 24.3 Å². The highest BCUT2D eigenvalue weighted by molar-refractivity contribution is 7.89. The van der Waals surface area contributed by atoms with E-state index in [1.807, 2.05) is 36.4 Å². The quantitative estimate of drug-likeness (QED) is 0.494. The van der Waals surface area contributed by atoms with E-state index in [-0.39, 0.29) is 28.6 Å². The molecule has 0 atom stereocenters. The molecule has 0 radical (unpaired) electrons. The van der Waals surface area contributed by atoms with Crippen LogP contribution in [0.1, 0.15) is 27.0 Å². The van der Waals surface area contributed by atoms with Crippen LogP contribution in [-0.4, -0.2) is 25.7 Å². The van der Waals surface area contributed by atoms with Gasteiger partial charge < -0.3 is 4.74 Å². The van der Waals surface area contributed by atoms with Crippen LogP contribution in [0, 0.1) is 11.3 Å². The maximum absolute atomic E-state index is 13.0. The zero-order chi connectivity index (χ0) is 22.4. The molecule has 0 fully saturated rings. The van der Waals surface area contributed by atoms with Crippen LogP contribution in [0.25, 0.3) is 0 Å². The molecule has 0 bridgehead atoms. The number of hydrogen-bond donors (Lipinski definition) is 0. The third kappa shape index (κ3) is 5.30. The van der Waals surface area contributed by atoms with Crippen molar-refractivity contribution < 1.29 is 17.9 Å². The van der Waals surface area contributed by atoms with Gasteiger partial charge in [-0.3, -0.25) is 0 Å². The number of benzene rings is 3. The second-order valence-corrected chi connectivity index (χ2v) is 9.19. The molecule has 0 heterocycles. The number of nitrogens with zero attached hydrogens (tertiary/aromatic N) is 2. The number of esters is 1. The second kappa shape index (κ2) is 9.75. The van der Waals surface area contributed by atoms with Gasteiger partial charge in [0.05, 0.1) is 27.1 Å². The standard InChI is InChI=1S/C23H19ClN2O4S/c1-26(15-17-7-3-2-4-8-17)31(28,29)20-11-12-22(24)21(13-20)23(27)30-16-19-10-6-5-9-18(19)14-25/h2-13H,15-16H2,1H3. The molecule has 0 saturated heterocycles. The van der Waals surface area contributed by atoms with Gasteiger partial charge in [-0.1, -0.05) is 60.1 Å². The summed E-state index contributed by atoms with van der Waals surface area (Å²) < 4.78 is 32.4. The van der Waals surface area contributed by atoms with Gasteiger partial charge >= 0.3 is 5.97 Å². The van der Waals surface area contributed by atoms with Crippen LogP contribution in [-0.2, 0) is 27.9 Å². The highest BCUT2D eigenvalue weighted by Gasteiger charge is 2.24. The van der Waals surface area contributed by atoms with Crippen molar-refractivity contribution in [2.75, 3.05) is 7.05 Å². The highest BCUT2D eigenvalue weighted by atomic mass is 35.5. The number of rotatable bonds is 7. The normalized spacial score (nSPS) is 11.2. The Kier molecular flexibility index (Phi) is 7.08. The number of carbonyl (C=O) groups excluding carboxylic acids is 1. The molecule has 6 nitrogen and oxygen atoms in total. The lowest BCUT2D eigenvalue weighted by molar-refractivity contribution is 0.0472. The van der Waals surface area contributed by atoms with Crippen LogP contribution in [0.5, 0.6) is 0 Å². The van der Waals surface area contributed by atoms with E-state index in [2.05, 4.69) is 0 Å². The monoisotopic (exact) mass is 454 g/mol. The molecule has 0 aliphatic carbocycles. The van der Waals surface area contributed by atoms with Crippen molar-refractivity contribution in [2.45, 2.75) is 18.0 Å². The van der Waals surface area contributed by atoms with Crippen molar-refractivity contribution in [1.82, 2.24) is 4.31 Å². The number of carbonyl (C=O) groups is 1. The first kappa shape index (κ1) is 22.5. The average molecular weight is 455 g/mol. The summed E-state index contributed by atoms with van der Waals surface area (Å²) in [6, 6.07) is 21.8. The summed E-state index contributed by atoms with van der Waals surface area (Å²) in [5.74, 6) is -0.777. The van der Waals surface area contributed by atoms with Crippen molar-refractivity contribution in [3.8, 4) is 6.07 Å². The van der Waals surface area contributed by atoms with E-state index < -0.39 is 16.0 Å². The predicted octanol–water partition coefficient (Wildman–Crippen LogP) is 4.39. The lowest BCUT2D eigenvalue weighted by Crippen LogP contribution is -2.26. The van der Waals surface area contributed by atoms with E-state index in [0.29, 0.717) is 11.1 Å². The maximum atomic E-state index is 13.0. The van der Waals surface area contributed by atoms with Gasteiger partial charge in [0.1, 0.15) is 6.61 Å². The van der Waals surface area contributed by atoms with E-state index in [1.165, 1.54) is 29.6 Å². The van der Waals surface area contributed by atoms with Gasteiger partial charge in [-0.05, 0) is 29.8 Å². The first-order valence-corrected chi connectivity index (χ1v) is 11.1. The fraction of sp³-hybridized carbons (Fsp3) is 0.130. The summed E-state index contributed by atoms with van der Waals surface area (Å²) in [6.45, 7) is 0.0420. The fourth-order valence-corrected chi connectivity index (χ4v) is 4.28. The number of hydrogen-bond acceptors (Lipinski definition) is 5. The van der Waals surface area contributed by atoms with Crippen LogP contribution < -0.4 is 0 Å². The molecule has 158 valence electrons. The third-order valence-corrected chi connectivity index (χ3v) is 6.74. The average Bonchev–Trinajstić information content (AvgIpc) is 2.78. The van der Waals surface area contributed by atoms with Gasteiger partial charge in [0.2, 0.25) is 10.0 Å². The highest BCUT2D eigenvalue weighted by Crippen LogP contribution is 2.24. The van der Waals surface area contributed by atoms with Gasteiger partial charge in [0.25, 0.3) is 0 Å². The van der Waals surface area contributed by atoms with Gasteiger partial charge in [-0.15, -0.1) is 0 Å². The molecule has 0 aromatic heterocycles. The van der Waals surface area contributed by atoms with Crippen molar-refractivity contribution in [3.63, 3.8) is 0 Å². The largest absolute Gasteiger partial charge is 0.457 e. The van der Waals surface area contributed by atoms with Crippen molar-refractivity contribution in [2.24, 2.45) is 0 Å². The Bertz CT molecular complexity index is 1240. The zero-order valence-corrected chi connectivity index (χ0v) is 18.2. The summed E-state index contributed by atoms with van der Waals surface area (Å²) in [5.41, 5.74) is 1.70. The molecular weight excluding hydrogens is 436 g/mol. The number of nitriles is 1. The molecule has 3 aromatic rings. The first-order valence-electron chi connectivity index (χ1n) is 9.28. The molecule has 8 heteroatoms. The van der Waals surface area contributed by atoms with Crippen molar-refractivity contribution in [1.29, 1.82) is 5.26 Å².